The van der Waals surface area contributed by atoms with Gasteiger partial charge in [-0.15, -0.1) is 0 Å². The van der Waals surface area contributed by atoms with E-state index in [1.807, 2.05) is 30.9 Å². The Labute approximate surface area is 171 Å². The molecular weight excluding hydrogens is 368 g/mol. The van der Waals surface area contributed by atoms with Crippen LogP contribution in [0.2, 0.25) is 0 Å². The van der Waals surface area contributed by atoms with Crippen LogP contribution < -0.4 is 14.8 Å². The molecule has 1 heterocycles. The Kier molecular flexibility index (Phi) is 6.42. The van der Waals surface area contributed by atoms with Gasteiger partial charge in [-0.3, -0.25) is 9.59 Å². The average molecular weight is 396 g/mol. The van der Waals surface area contributed by atoms with Crippen molar-refractivity contribution in [2.45, 2.75) is 39.3 Å². The van der Waals surface area contributed by atoms with E-state index >= 15 is 0 Å². The largest absolute Gasteiger partial charge is 0.493 e. The van der Waals surface area contributed by atoms with Crippen molar-refractivity contribution in [3.63, 3.8) is 0 Å². The van der Waals surface area contributed by atoms with Gasteiger partial charge >= 0.3 is 0 Å². The fourth-order valence-corrected chi connectivity index (χ4v) is 3.41. The van der Waals surface area contributed by atoms with Crippen LogP contribution in [0.15, 0.2) is 36.4 Å². The van der Waals surface area contributed by atoms with Crippen LogP contribution in [0.3, 0.4) is 0 Å². The molecule has 0 fully saturated rings. The summed E-state index contributed by atoms with van der Waals surface area (Å²) in [5, 5.41) is 2.93. The first kappa shape index (κ1) is 20.7. The highest BCUT2D eigenvalue weighted by Crippen LogP contribution is 2.33. The highest BCUT2D eigenvalue weighted by atomic mass is 16.5. The van der Waals surface area contributed by atoms with E-state index in [4.69, 9.17) is 9.47 Å². The van der Waals surface area contributed by atoms with Gasteiger partial charge in [-0.1, -0.05) is 6.92 Å². The molecule has 154 valence electrons. The summed E-state index contributed by atoms with van der Waals surface area (Å²) in [5.41, 5.74) is 3.37. The average Bonchev–Trinajstić information content (AvgIpc) is 2.77. The van der Waals surface area contributed by atoms with E-state index in [0.717, 1.165) is 18.4 Å². The van der Waals surface area contributed by atoms with Crippen LogP contribution in [0.25, 0.3) is 0 Å². The van der Waals surface area contributed by atoms with Crippen LogP contribution in [0.5, 0.6) is 11.5 Å². The maximum absolute atomic E-state index is 13.0. The van der Waals surface area contributed by atoms with Crippen LogP contribution in [0.1, 0.15) is 52.1 Å². The van der Waals surface area contributed by atoms with Gasteiger partial charge < -0.3 is 19.7 Å². The molecule has 6 heteroatoms. The van der Waals surface area contributed by atoms with Gasteiger partial charge in [-0.25, -0.2) is 0 Å². The second kappa shape index (κ2) is 8.99. The van der Waals surface area contributed by atoms with E-state index in [2.05, 4.69) is 5.32 Å². The summed E-state index contributed by atoms with van der Waals surface area (Å²) in [7, 11) is 3.23. The van der Waals surface area contributed by atoms with E-state index in [1.54, 1.807) is 38.5 Å². The lowest BCUT2D eigenvalue weighted by atomic mass is 9.98. The quantitative estimate of drug-likeness (QED) is 0.812. The van der Waals surface area contributed by atoms with E-state index < -0.39 is 0 Å². The first-order chi connectivity index (χ1) is 14.0. The number of hydrogen-bond donors (Lipinski definition) is 1. The van der Waals surface area contributed by atoms with Crippen molar-refractivity contribution in [1.82, 2.24) is 10.2 Å². The topological polar surface area (TPSA) is 67.9 Å². The van der Waals surface area contributed by atoms with E-state index in [1.165, 1.54) is 5.56 Å². The number of ether oxygens (including phenoxy) is 2. The number of fused-ring (bicyclic) bond motifs is 1. The number of carbonyl (C=O) groups is 2. The van der Waals surface area contributed by atoms with Gasteiger partial charge in [-0.05, 0) is 67.3 Å². The van der Waals surface area contributed by atoms with Gasteiger partial charge in [0.2, 0.25) is 0 Å². The zero-order valence-electron chi connectivity index (χ0n) is 17.5. The fourth-order valence-electron chi connectivity index (χ4n) is 3.41. The van der Waals surface area contributed by atoms with Crippen LogP contribution in [0.4, 0.5) is 0 Å². The molecule has 6 nitrogen and oxygen atoms in total. The number of rotatable bonds is 6. The van der Waals surface area contributed by atoms with Gasteiger partial charge in [0.25, 0.3) is 11.8 Å². The molecule has 1 atom stereocenters. The summed E-state index contributed by atoms with van der Waals surface area (Å²) in [5.74, 6) is 1.21. The molecule has 3 rings (SSSR count). The Balaban J connectivity index is 1.72. The summed E-state index contributed by atoms with van der Waals surface area (Å²) in [6.07, 6.45) is 1.63. The van der Waals surface area contributed by atoms with Gasteiger partial charge in [-0.2, -0.15) is 0 Å². The standard InChI is InChI=1S/C23H28N2O4/c1-5-15(2)24-22(26)16-6-8-17(9-7-16)23(27)25-11-10-18-12-20(28-3)21(29-4)13-19(18)14-25/h6-9,12-13,15H,5,10-11,14H2,1-4H3,(H,24,26). The summed E-state index contributed by atoms with van der Waals surface area (Å²) in [4.78, 5) is 27.0. The molecule has 2 amide bonds. The number of hydrogen-bond acceptors (Lipinski definition) is 4. The molecule has 0 bridgehead atoms. The number of amides is 2. The molecule has 0 radical (unpaired) electrons. The van der Waals surface area contributed by atoms with Crippen molar-refractivity contribution >= 4 is 11.8 Å². The molecule has 0 saturated carbocycles. The number of nitrogens with one attached hydrogen (secondary N) is 1. The fraction of sp³-hybridized carbons (Fsp3) is 0.391. The van der Waals surface area contributed by atoms with Crippen molar-refractivity contribution in [2.75, 3.05) is 20.8 Å². The predicted molar refractivity (Wildman–Crippen MR) is 112 cm³/mol. The molecule has 2 aromatic rings. The van der Waals surface area contributed by atoms with Gasteiger partial charge in [0.15, 0.2) is 11.5 Å². The van der Waals surface area contributed by atoms with Gasteiger partial charge in [0.1, 0.15) is 0 Å². The highest BCUT2D eigenvalue weighted by molar-refractivity contribution is 5.98. The third kappa shape index (κ3) is 4.53. The first-order valence-corrected chi connectivity index (χ1v) is 9.90. The monoisotopic (exact) mass is 396 g/mol. The smallest absolute Gasteiger partial charge is 0.254 e. The SMILES string of the molecule is CCC(C)NC(=O)c1ccc(C(=O)N2CCc3cc(OC)c(OC)cc3C2)cc1. The van der Waals surface area contributed by atoms with E-state index in [0.29, 0.717) is 35.7 Å². The molecular formula is C23H28N2O4. The van der Waals surface area contributed by atoms with E-state index in [9.17, 15) is 9.59 Å². The molecule has 29 heavy (non-hydrogen) atoms. The Bertz CT molecular complexity index is 892. The molecule has 1 unspecified atom stereocenters. The van der Waals surface area contributed by atoms with Crippen LogP contribution in [-0.4, -0.2) is 43.5 Å². The molecule has 1 aliphatic heterocycles. The summed E-state index contributed by atoms with van der Waals surface area (Å²) >= 11 is 0. The lowest BCUT2D eigenvalue weighted by molar-refractivity contribution is 0.0733. The molecule has 0 aromatic heterocycles. The van der Waals surface area contributed by atoms with Gasteiger partial charge in [0.05, 0.1) is 14.2 Å². The normalized spacial score (nSPS) is 14.0. The van der Waals surface area contributed by atoms with E-state index in [-0.39, 0.29) is 17.9 Å². The zero-order chi connectivity index (χ0) is 21.0. The van der Waals surface area contributed by atoms with Crippen LogP contribution in [-0.2, 0) is 13.0 Å². The summed E-state index contributed by atoms with van der Waals surface area (Å²) < 4.78 is 10.8. The zero-order valence-corrected chi connectivity index (χ0v) is 17.5. The second-order valence-corrected chi connectivity index (χ2v) is 7.31. The maximum atomic E-state index is 13.0. The van der Waals surface area contributed by atoms with Crippen LogP contribution >= 0.6 is 0 Å². The van der Waals surface area contributed by atoms with Crippen molar-refractivity contribution in [3.8, 4) is 11.5 Å². The number of benzene rings is 2. The Morgan fingerprint density at radius 2 is 1.62 bits per heavy atom. The van der Waals surface area contributed by atoms with Gasteiger partial charge in [0, 0.05) is 30.3 Å². The van der Waals surface area contributed by atoms with Crippen molar-refractivity contribution in [1.29, 1.82) is 0 Å². The number of nitrogens with zero attached hydrogens (tertiary/aromatic N) is 1. The molecule has 1 aliphatic rings. The third-order valence-corrected chi connectivity index (χ3v) is 5.39. The molecule has 2 aromatic carbocycles. The maximum Gasteiger partial charge on any atom is 0.254 e. The summed E-state index contributed by atoms with van der Waals surface area (Å²) in [6.45, 7) is 5.14. The Morgan fingerprint density at radius 3 is 2.21 bits per heavy atom. The number of methoxy groups -OCH3 is 2. The van der Waals surface area contributed by atoms with Crippen LogP contribution in [0, 0.1) is 0 Å². The lowest BCUT2D eigenvalue weighted by Crippen LogP contribution is -2.36. The minimum atomic E-state index is -0.119. The van der Waals surface area contributed by atoms with Crippen molar-refractivity contribution < 1.29 is 19.1 Å². The molecule has 0 aliphatic carbocycles. The third-order valence-electron chi connectivity index (χ3n) is 5.39. The highest BCUT2D eigenvalue weighted by Gasteiger charge is 2.24. The minimum absolute atomic E-state index is 0.0423. The first-order valence-electron chi connectivity index (χ1n) is 9.90. The summed E-state index contributed by atoms with van der Waals surface area (Å²) in [6, 6.07) is 10.9. The van der Waals surface area contributed by atoms with Crippen molar-refractivity contribution in [2.24, 2.45) is 0 Å². The molecule has 1 N–H and O–H groups in total. The second-order valence-electron chi connectivity index (χ2n) is 7.31. The van der Waals surface area contributed by atoms with Crippen molar-refractivity contribution in [3.05, 3.63) is 58.7 Å². The number of carbonyl (C=O) groups excluding carboxylic acids is 2. The predicted octanol–water partition coefficient (Wildman–Crippen LogP) is 3.43. The Hall–Kier alpha value is -3.02. The lowest BCUT2D eigenvalue weighted by Gasteiger charge is -2.29. The minimum Gasteiger partial charge on any atom is -0.493 e. The Morgan fingerprint density at radius 1 is 1.03 bits per heavy atom. The molecule has 0 saturated heterocycles. The molecule has 0 spiro atoms.